The van der Waals surface area contributed by atoms with Gasteiger partial charge in [0.2, 0.25) is 0 Å². The molecule has 3 aromatic heterocycles. The topological polar surface area (TPSA) is 30.7 Å². The van der Waals surface area contributed by atoms with E-state index in [0.717, 1.165) is 34.4 Å². The second kappa shape index (κ2) is 11.5. The van der Waals surface area contributed by atoms with Crippen LogP contribution < -0.4 is 0 Å². The molecule has 52 heavy (non-hydrogen) atoms. The highest BCUT2D eigenvalue weighted by Crippen LogP contribution is 2.48. The van der Waals surface area contributed by atoms with Crippen LogP contribution >= 0.6 is 11.3 Å². The lowest BCUT2D eigenvalue weighted by atomic mass is 9.87. The Morgan fingerprint density at radius 3 is 2.25 bits per heavy atom. The molecule has 10 aromatic rings. The lowest BCUT2D eigenvalue weighted by Gasteiger charge is -2.18. The Hall–Kier alpha value is -6.10. The van der Waals surface area contributed by atoms with Gasteiger partial charge < -0.3 is 4.57 Å². The first kappa shape index (κ1) is 29.6. The van der Waals surface area contributed by atoms with Gasteiger partial charge in [0.25, 0.3) is 0 Å². The van der Waals surface area contributed by atoms with Crippen LogP contribution in [0, 0.1) is 5.92 Å². The van der Waals surface area contributed by atoms with Crippen molar-refractivity contribution in [1.29, 1.82) is 0 Å². The number of aromatic nitrogens is 3. The summed E-state index contributed by atoms with van der Waals surface area (Å²) in [4.78, 5) is 10.8. The minimum Gasteiger partial charge on any atom is -0.332 e. The molecule has 0 radical (unpaired) electrons. The molecule has 0 saturated carbocycles. The molecule has 1 unspecified atom stereocenters. The summed E-state index contributed by atoms with van der Waals surface area (Å²) in [6, 6.07) is 48.5. The number of allylic oxidation sites excluding steroid dienone is 4. The maximum absolute atomic E-state index is 5.45. The van der Waals surface area contributed by atoms with E-state index in [2.05, 4.69) is 163 Å². The third-order valence-electron chi connectivity index (χ3n) is 11.1. The Morgan fingerprint density at radius 1 is 0.654 bits per heavy atom. The SMILES string of the molecule is CC1CC=CC=C1c1ccc2c(c1)c1c3ccccc3c3c4ccccc4sc3c1n2Cc1nc(-c2ccccc2)c2c(ccc3ccccc32)n1. The maximum Gasteiger partial charge on any atom is 0.149 e. The quantitative estimate of drug-likeness (QED) is 0.173. The van der Waals surface area contributed by atoms with Crippen molar-refractivity contribution in [2.24, 2.45) is 5.92 Å². The van der Waals surface area contributed by atoms with E-state index in [4.69, 9.17) is 9.97 Å². The van der Waals surface area contributed by atoms with Crippen LogP contribution in [-0.4, -0.2) is 14.5 Å². The van der Waals surface area contributed by atoms with Gasteiger partial charge in [0.15, 0.2) is 0 Å². The highest BCUT2D eigenvalue weighted by Gasteiger charge is 2.23. The van der Waals surface area contributed by atoms with Crippen molar-refractivity contribution in [1.82, 2.24) is 14.5 Å². The first-order chi connectivity index (χ1) is 25.7. The number of rotatable bonds is 4. The zero-order chi connectivity index (χ0) is 34.3. The van der Waals surface area contributed by atoms with Crippen LogP contribution in [-0.2, 0) is 6.54 Å². The van der Waals surface area contributed by atoms with Crippen molar-refractivity contribution in [2.45, 2.75) is 19.9 Å². The van der Waals surface area contributed by atoms with Gasteiger partial charge in [-0.2, -0.15) is 0 Å². The number of fused-ring (bicyclic) bond motifs is 13. The van der Waals surface area contributed by atoms with Crippen LogP contribution in [0.15, 0.2) is 152 Å². The fourth-order valence-electron chi connectivity index (χ4n) is 8.70. The van der Waals surface area contributed by atoms with Gasteiger partial charge in [-0.15, -0.1) is 11.3 Å². The minimum absolute atomic E-state index is 0.473. The average molecular weight is 684 g/mol. The largest absolute Gasteiger partial charge is 0.332 e. The van der Waals surface area contributed by atoms with Gasteiger partial charge in [0, 0.05) is 42.7 Å². The molecular weight excluding hydrogens is 651 g/mol. The summed E-state index contributed by atoms with van der Waals surface area (Å²) < 4.78 is 5.13. The summed E-state index contributed by atoms with van der Waals surface area (Å²) in [5.74, 6) is 1.28. The molecule has 1 atom stereocenters. The predicted octanol–water partition coefficient (Wildman–Crippen LogP) is 13.1. The van der Waals surface area contributed by atoms with Crippen LogP contribution in [0.4, 0.5) is 0 Å². The van der Waals surface area contributed by atoms with E-state index in [-0.39, 0.29) is 0 Å². The number of benzene rings is 7. The summed E-state index contributed by atoms with van der Waals surface area (Å²) in [7, 11) is 0. The summed E-state index contributed by atoms with van der Waals surface area (Å²) in [5.41, 5.74) is 8.20. The molecule has 0 bridgehead atoms. The third-order valence-corrected chi connectivity index (χ3v) is 12.3. The van der Waals surface area contributed by atoms with Crippen molar-refractivity contribution in [2.75, 3.05) is 0 Å². The molecule has 4 heteroatoms. The summed E-state index contributed by atoms with van der Waals surface area (Å²) >= 11 is 1.90. The van der Waals surface area contributed by atoms with Gasteiger partial charge >= 0.3 is 0 Å². The van der Waals surface area contributed by atoms with E-state index in [1.807, 2.05) is 11.3 Å². The molecule has 0 saturated heterocycles. The van der Waals surface area contributed by atoms with Crippen molar-refractivity contribution in [3.63, 3.8) is 0 Å². The lowest BCUT2D eigenvalue weighted by molar-refractivity contribution is 0.758. The minimum atomic E-state index is 0.473. The first-order valence-corrected chi connectivity index (χ1v) is 18.9. The van der Waals surface area contributed by atoms with Crippen LogP contribution in [0.3, 0.4) is 0 Å². The van der Waals surface area contributed by atoms with Crippen molar-refractivity contribution in [3.8, 4) is 11.3 Å². The van der Waals surface area contributed by atoms with Gasteiger partial charge in [-0.1, -0.05) is 134 Å². The van der Waals surface area contributed by atoms with Gasteiger partial charge in [0.1, 0.15) is 5.82 Å². The van der Waals surface area contributed by atoms with E-state index in [0.29, 0.717) is 12.5 Å². The standard InChI is InChI=1S/C48H33N3S/c1-29-13-5-7-17-33(29)32-24-26-40-38(27-32)43-35-19-9-10-20-36(35)44-37-21-11-12-22-41(37)52-48(44)47(43)51(40)28-42-49-39-25-23-30-14-6-8-18-34(30)45(39)46(50-42)31-15-3-2-4-16-31/h2-12,14-27,29H,13,28H2,1H3. The molecule has 0 spiro atoms. The molecule has 0 aliphatic heterocycles. The number of thiophene rings is 1. The summed E-state index contributed by atoms with van der Waals surface area (Å²) in [6.45, 7) is 2.88. The van der Waals surface area contributed by atoms with Crippen molar-refractivity contribution >= 4 is 91.3 Å². The zero-order valence-electron chi connectivity index (χ0n) is 28.7. The Bertz CT molecular complexity index is 3140. The van der Waals surface area contributed by atoms with E-state index < -0.39 is 0 Å². The zero-order valence-corrected chi connectivity index (χ0v) is 29.5. The highest BCUT2D eigenvalue weighted by atomic mass is 32.1. The smallest absolute Gasteiger partial charge is 0.149 e. The predicted molar refractivity (Wildman–Crippen MR) is 222 cm³/mol. The Labute approximate surface area is 304 Å². The molecule has 3 nitrogen and oxygen atoms in total. The van der Waals surface area contributed by atoms with E-state index in [9.17, 15) is 0 Å². The molecule has 0 amide bonds. The Balaban J connectivity index is 1.25. The number of hydrogen-bond donors (Lipinski definition) is 0. The second-order valence-corrected chi connectivity index (χ2v) is 15.2. The molecule has 1 aliphatic rings. The van der Waals surface area contributed by atoms with Crippen LogP contribution in [0.25, 0.3) is 91.3 Å². The number of nitrogens with zero attached hydrogens (tertiary/aromatic N) is 3. The second-order valence-electron chi connectivity index (χ2n) is 14.1. The van der Waals surface area contributed by atoms with Gasteiger partial charge in [-0.05, 0) is 69.3 Å². The maximum atomic E-state index is 5.45. The molecule has 1 aliphatic carbocycles. The van der Waals surface area contributed by atoms with Gasteiger partial charge in [-0.3, -0.25) is 0 Å². The molecule has 0 fully saturated rings. The molecule has 0 N–H and O–H groups in total. The monoisotopic (exact) mass is 683 g/mol. The fraction of sp³-hybridized carbons (Fsp3) is 0.0833. The normalized spacial score (nSPS) is 14.9. The molecule has 11 rings (SSSR count). The van der Waals surface area contributed by atoms with E-state index in [1.165, 1.54) is 74.7 Å². The Kier molecular flexibility index (Phi) is 6.53. The van der Waals surface area contributed by atoms with E-state index in [1.54, 1.807) is 0 Å². The average Bonchev–Trinajstić information content (AvgIpc) is 3.74. The van der Waals surface area contributed by atoms with E-state index >= 15 is 0 Å². The molecular formula is C48H33N3S. The number of hydrogen-bond acceptors (Lipinski definition) is 3. The molecule has 246 valence electrons. The fourth-order valence-corrected chi connectivity index (χ4v) is 9.98. The van der Waals surface area contributed by atoms with Crippen LogP contribution in [0.1, 0.15) is 24.7 Å². The third kappa shape index (κ3) is 4.37. The molecule has 7 aromatic carbocycles. The van der Waals surface area contributed by atoms with Crippen molar-refractivity contribution < 1.29 is 0 Å². The summed E-state index contributed by atoms with van der Waals surface area (Å²) in [6.07, 6.45) is 7.85. The van der Waals surface area contributed by atoms with Gasteiger partial charge in [-0.25, -0.2) is 9.97 Å². The first-order valence-electron chi connectivity index (χ1n) is 18.1. The van der Waals surface area contributed by atoms with Crippen molar-refractivity contribution in [3.05, 3.63) is 163 Å². The van der Waals surface area contributed by atoms with Crippen LogP contribution in [0.2, 0.25) is 0 Å². The Morgan fingerprint density at radius 2 is 1.40 bits per heavy atom. The molecule has 3 heterocycles. The lowest BCUT2D eigenvalue weighted by Crippen LogP contribution is -2.06. The summed E-state index contributed by atoms with van der Waals surface area (Å²) in [5, 5.41) is 11.3. The van der Waals surface area contributed by atoms with Crippen LogP contribution in [0.5, 0.6) is 0 Å². The highest BCUT2D eigenvalue weighted by molar-refractivity contribution is 7.27. The van der Waals surface area contributed by atoms with Gasteiger partial charge in [0.05, 0.1) is 28.0 Å².